The molecule has 0 fully saturated rings. The fraction of sp³-hybridized carbons (Fsp3) is 1.00. The van der Waals surface area contributed by atoms with Gasteiger partial charge < -0.3 is 13.3 Å². The van der Waals surface area contributed by atoms with E-state index in [1.54, 1.807) is 21.3 Å². The fourth-order valence-corrected chi connectivity index (χ4v) is 2.92. The Labute approximate surface area is 94.1 Å². The molecule has 0 bridgehead atoms. The van der Waals surface area contributed by atoms with Crippen LogP contribution in [0.2, 0.25) is 6.04 Å². The normalized spacial score (nSPS) is 10.7. The van der Waals surface area contributed by atoms with Crippen molar-refractivity contribution in [2.45, 2.75) is 32.7 Å². The fourth-order valence-electron chi connectivity index (χ4n) is 0.840. The van der Waals surface area contributed by atoms with Gasteiger partial charge in [-0.05, 0) is 6.42 Å². The number of hydrogen-bond acceptors (Lipinski definition) is 3. The molecular weight excluding hydrogens is 220 g/mol. The van der Waals surface area contributed by atoms with Crippen LogP contribution in [0.15, 0.2) is 0 Å². The second-order valence-electron chi connectivity index (χ2n) is 2.80. The topological polar surface area (TPSA) is 27.7 Å². The Balaban J connectivity index is 0. The molecule has 0 saturated carbocycles. The van der Waals surface area contributed by atoms with E-state index >= 15 is 0 Å². The van der Waals surface area contributed by atoms with E-state index in [4.69, 9.17) is 24.9 Å². The summed E-state index contributed by atoms with van der Waals surface area (Å²) in [5.41, 5.74) is 0. The molecule has 0 atom stereocenters. The maximum Gasteiger partial charge on any atom is 0.500 e. The van der Waals surface area contributed by atoms with Gasteiger partial charge in [0.15, 0.2) is 0 Å². The summed E-state index contributed by atoms with van der Waals surface area (Å²) in [7, 11) is 2.49. The van der Waals surface area contributed by atoms with Crippen LogP contribution in [0.25, 0.3) is 0 Å². The second-order valence-corrected chi connectivity index (χ2v) is 6.26. The van der Waals surface area contributed by atoms with Gasteiger partial charge in [-0.3, -0.25) is 0 Å². The highest BCUT2D eigenvalue weighted by molar-refractivity contribution is 6.60. The predicted octanol–water partition coefficient (Wildman–Crippen LogP) is 2.91. The lowest BCUT2D eigenvalue weighted by Crippen LogP contribution is -2.42. The molecule has 0 aliphatic heterocycles. The lowest BCUT2D eigenvalue weighted by molar-refractivity contribution is 0.123. The first-order chi connectivity index (χ1) is 6.66. The molecule has 5 heteroatoms. The number of rotatable bonds is 6. The van der Waals surface area contributed by atoms with Crippen LogP contribution in [0.5, 0.6) is 0 Å². The van der Waals surface area contributed by atoms with Gasteiger partial charge in [0.05, 0.1) is 0 Å². The van der Waals surface area contributed by atoms with Crippen molar-refractivity contribution in [1.82, 2.24) is 0 Å². The van der Waals surface area contributed by atoms with Gasteiger partial charge >= 0.3 is 8.80 Å². The van der Waals surface area contributed by atoms with Crippen LogP contribution in [0, 0.1) is 0 Å². The van der Waals surface area contributed by atoms with Crippen molar-refractivity contribution in [3.63, 3.8) is 0 Å². The maximum atomic E-state index is 5.53. The van der Waals surface area contributed by atoms with Crippen molar-refractivity contribution in [2.24, 2.45) is 0 Å². The summed E-state index contributed by atoms with van der Waals surface area (Å²) < 4.78 is 15.5. The zero-order valence-corrected chi connectivity index (χ0v) is 11.7. The summed E-state index contributed by atoms with van der Waals surface area (Å²) in [5.74, 6) is 0.616. The van der Waals surface area contributed by atoms with Crippen molar-refractivity contribution >= 4 is 20.4 Å². The summed E-state index contributed by atoms with van der Waals surface area (Å²) in [6.07, 6.45) is 2.11. The molecule has 0 N–H and O–H groups in total. The van der Waals surface area contributed by atoms with Gasteiger partial charge in [-0.25, -0.2) is 0 Å². The van der Waals surface area contributed by atoms with E-state index in [9.17, 15) is 0 Å². The van der Waals surface area contributed by atoms with Crippen LogP contribution >= 0.6 is 11.6 Å². The lowest BCUT2D eigenvalue weighted by atomic mass is 10.6. The average Bonchev–Trinajstić information content (AvgIpc) is 2.22. The van der Waals surface area contributed by atoms with Crippen LogP contribution in [0.4, 0.5) is 0 Å². The highest BCUT2D eigenvalue weighted by Crippen LogP contribution is 2.14. The van der Waals surface area contributed by atoms with E-state index in [-0.39, 0.29) is 0 Å². The molecule has 0 aromatic heterocycles. The van der Waals surface area contributed by atoms with Gasteiger partial charge in [-0.2, -0.15) is 0 Å². The Morgan fingerprint density at radius 3 is 1.57 bits per heavy atom. The summed E-state index contributed by atoms with van der Waals surface area (Å²) in [5, 5.41) is 0. The average molecular weight is 243 g/mol. The molecule has 3 nitrogen and oxygen atoms in total. The van der Waals surface area contributed by atoms with Crippen LogP contribution in [-0.4, -0.2) is 36.0 Å². The van der Waals surface area contributed by atoms with Gasteiger partial charge in [-0.1, -0.05) is 20.3 Å². The van der Waals surface area contributed by atoms with Crippen molar-refractivity contribution in [3.05, 3.63) is 0 Å². The highest BCUT2D eigenvalue weighted by atomic mass is 35.5. The molecule has 0 heterocycles. The minimum Gasteiger partial charge on any atom is -0.377 e. The van der Waals surface area contributed by atoms with Gasteiger partial charge in [0.25, 0.3) is 0 Å². The van der Waals surface area contributed by atoms with Crippen LogP contribution in [0.1, 0.15) is 26.7 Å². The number of hydrogen-bond donors (Lipinski definition) is 0. The van der Waals surface area contributed by atoms with Gasteiger partial charge in [0.2, 0.25) is 0 Å². The summed E-state index contributed by atoms with van der Waals surface area (Å²) >= 11 is 5.53. The van der Waals surface area contributed by atoms with Crippen molar-refractivity contribution in [3.8, 4) is 0 Å². The first-order valence-electron chi connectivity index (χ1n) is 4.87. The van der Waals surface area contributed by atoms with Crippen LogP contribution in [-0.2, 0) is 13.3 Å². The molecule has 0 aromatic rings. The molecule has 0 rings (SSSR count). The molecule has 0 amide bonds. The molecule has 0 aliphatic carbocycles. The summed E-state index contributed by atoms with van der Waals surface area (Å²) in [4.78, 5) is 0. The third-order valence-corrected chi connectivity index (χ3v) is 4.65. The van der Waals surface area contributed by atoms with Gasteiger partial charge in [-0.15, -0.1) is 11.6 Å². The zero-order chi connectivity index (χ0) is 11.4. The molecule has 0 radical (unpaired) electrons. The van der Waals surface area contributed by atoms with E-state index in [1.165, 1.54) is 6.42 Å². The summed E-state index contributed by atoms with van der Waals surface area (Å²) in [6.45, 7) is 4.25. The smallest absolute Gasteiger partial charge is 0.377 e. The molecule has 0 aromatic carbocycles. The van der Waals surface area contributed by atoms with Gasteiger partial charge in [0.1, 0.15) is 0 Å². The quantitative estimate of drug-likeness (QED) is 0.530. The third kappa shape index (κ3) is 7.76. The number of alkyl halides is 1. The third-order valence-electron chi connectivity index (χ3n) is 1.55. The second kappa shape index (κ2) is 11.5. The Hall–Kier alpha value is 0.387. The number of halogens is 1. The minimum atomic E-state index is -2.32. The Morgan fingerprint density at radius 1 is 1.00 bits per heavy atom. The van der Waals surface area contributed by atoms with Crippen LogP contribution < -0.4 is 0 Å². The lowest BCUT2D eigenvalue weighted by Gasteiger charge is -2.23. The van der Waals surface area contributed by atoms with Crippen molar-refractivity contribution in [1.29, 1.82) is 0 Å². The van der Waals surface area contributed by atoms with E-state index < -0.39 is 8.80 Å². The minimum absolute atomic E-state index is 0.616. The Morgan fingerprint density at radius 2 is 1.36 bits per heavy atom. The van der Waals surface area contributed by atoms with Crippen molar-refractivity contribution in [2.75, 3.05) is 27.2 Å². The Bertz CT molecular complexity index is 102. The largest absolute Gasteiger partial charge is 0.500 e. The van der Waals surface area contributed by atoms with Crippen LogP contribution in [0.3, 0.4) is 0 Å². The molecule has 0 saturated heterocycles. The van der Waals surface area contributed by atoms with Gasteiger partial charge in [0, 0.05) is 33.3 Å². The molecule has 0 spiro atoms. The molecular formula is C9H23ClO3Si. The summed E-state index contributed by atoms with van der Waals surface area (Å²) in [6, 6.07) is 0.778. The van der Waals surface area contributed by atoms with E-state index in [2.05, 4.69) is 13.8 Å². The first kappa shape index (κ1) is 16.8. The standard InChI is InChI=1S/C6H15ClO3Si.C3H8/c1-8-11(9-2,10-3)6-4-5-7;1-3-2/h4-6H2,1-3H3;3H2,1-2H3. The molecule has 14 heavy (non-hydrogen) atoms. The SMILES string of the molecule is CCC.CO[Si](CCCCl)(OC)OC. The highest BCUT2D eigenvalue weighted by Gasteiger charge is 2.36. The first-order valence-corrected chi connectivity index (χ1v) is 7.34. The van der Waals surface area contributed by atoms with E-state index in [0.29, 0.717) is 5.88 Å². The Kier molecular flexibility index (Phi) is 13.8. The van der Waals surface area contributed by atoms with E-state index in [1.807, 2.05) is 0 Å². The van der Waals surface area contributed by atoms with E-state index in [0.717, 1.165) is 12.5 Å². The zero-order valence-electron chi connectivity index (χ0n) is 9.93. The maximum absolute atomic E-state index is 5.53. The monoisotopic (exact) mass is 242 g/mol. The molecule has 0 aliphatic rings. The molecule has 88 valence electrons. The predicted molar refractivity (Wildman–Crippen MR) is 62.9 cm³/mol. The molecule has 0 unspecified atom stereocenters. The van der Waals surface area contributed by atoms with Crippen molar-refractivity contribution < 1.29 is 13.3 Å².